The van der Waals surface area contributed by atoms with Crippen molar-refractivity contribution in [1.82, 2.24) is 5.32 Å². The number of carbonyl (C=O) groups excluding carboxylic acids is 2. The van der Waals surface area contributed by atoms with Gasteiger partial charge in [0.2, 0.25) is 0 Å². The molecule has 2 bridgehead atoms. The predicted octanol–water partition coefficient (Wildman–Crippen LogP) is 5.47. The summed E-state index contributed by atoms with van der Waals surface area (Å²) >= 11 is 6.15. The van der Waals surface area contributed by atoms with E-state index in [0.29, 0.717) is 17.6 Å². The van der Waals surface area contributed by atoms with E-state index in [1.165, 1.54) is 18.2 Å². The van der Waals surface area contributed by atoms with Gasteiger partial charge in [0.05, 0.1) is 5.02 Å². The molecule has 156 valence electrons. The van der Waals surface area contributed by atoms with Gasteiger partial charge in [-0.1, -0.05) is 17.7 Å². The molecular formula is C22H18ClF2NO4. The second kappa shape index (κ2) is 6.67. The van der Waals surface area contributed by atoms with Crippen molar-refractivity contribution in [1.29, 1.82) is 0 Å². The van der Waals surface area contributed by atoms with Crippen molar-refractivity contribution in [2.24, 2.45) is 5.92 Å². The third kappa shape index (κ3) is 3.12. The Hall–Kier alpha value is -2.67. The highest BCUT2D eigenvalue weighted by molar-refractivity contribution is 6.32. The second-order valence-corrected chi connectivity index (χ2v) is 8.60. The number of carbonyl (C=O) groups is 2. The highest BCUT2D eigenvalue weighted by Crippen LogP contribution is 2.58. The fourth-order valence-corrected chi connectivity index (χ4v) is 4.96. The van der Waals surface area contributed by atoms with Crippen LogP contribution < -0.4 is 10.1 Å². The van der Waals surface area contributed by atoms with Crippen LogP contribution >= 0.6 is 11.6 Å². The lowest BCUT2D eigenvalue weighted by Crippen LogP contribution is -2.43. The molecule has 30 heavy (non-hydrogen) atoms. The molecule has 2 amide bonds. The van der Waals surface area contributed by atoms with Gasteiger partial charge in [-0.05, 0) is 66.1 Å². The van der Waals surface area contributed by atoms with Crippen molar-refractivity contribution in [3.8, 4) is 11.5 Å². The summed E-state index contributed by atoms with van der Waals surface area (Å²) in [7, 11) is 0. The van der Waals surface area contributed by atoms with E-state index in [9.17, 15) is 18.4 Å². The standard InChI is InChI=1S/C22H18ClF2NO4/c1-22(24,25)12-2-5-17(16(23)8-12)29-13-3-4-14-15(9-13)10-6-11(7-10)18(14)19-20(27)26-21(28)30-19/h2-5,8-11,18-19H,6-7H2,1H3,(H,26,27,28)/t10?,11?,18-,19?/m1/s1. The minimum atomic E-state index is -2.99. The Bertz CT molecular complexity index is 1060. The topological polar surface area (TPSA) is 64.6 Å². The Kier molecular flexibility index (Phi) is 4.29. The molecule has 2 fully saturated rings. The summed E-state index contributed by atoms with van der Waals surface area (Å²) in [5, 5.41) is 2.31. The summed E-state index contributed by atoms with van der Waals surface area (Å²) in [5.74, 6) is -2.09. The maximum absolute atomic E-state index is 13.5. The molecule has 1 heterocycles. The average molecular weight is 434 g/mol. The van der Waals surface area contributed by atoms with Crippen molar-refractivity contribution >= 4 is 23.6 Å². The van der Waals surface area contributed by atoms with Crippen molar-refractivity contribution < 1.29 is 27.8 Å². The number of alkyl carbamates (subject to hydrolysis) is 1. The van der Waals surface area contributed by atoms with Crippen LogP contribution in [0.25, 0.3) is 0 Å². The number of benzene rings is 2. The molecule has 8 heteroatoms. The first-order valence-corrected chi connectivity index (χ1v) is 10.1. The summed E-state index contributed by atoms with van der Waals surface area (Å²) in [5.41, 5.74) is 1.86. The largest absolute Gasteiger partial charge is 0.456 e. The Morgan fingerprint density at radius 3 is 2.53 bits per heavy atom. The van der Waals surface area contributed by atoms with E-state index in [1.54, 1.807) is 6.07 Å². The van der Waals surface area contributed by atoms with Gasteiger partial charge in [0.25, 0.3) is 11.8 Å². The zero-order valence-corrected chi connectivity index (χ0v) is 16.7. The molecule has 4 aliphatic rings. The Morgan fingerprint density at radius 2 is 1.90 bits per heavy atom. The molecule has 1 N–H and O–H groups in total. The first-order chi connectivity index (χ1) is 14.2. The van der Waals surface area contributed by atoms with Crippen molar-refractivity contribution in [3.05, 3.63) is 58.1 Å². The lowest BCUT2D eigenvalue weighted by Gasteiger charge is -2.48. The maximum atomic E-state index is 13.5. The molecule has 1 saturated carbocycles. The molecule has 2 aromatic carbocycles. The first kappa shape index (κ1) is 19.3. The smallest absolute Gasteiger partial charge is 0.414 e. The van der Waals surface area contributed by atoms with Crippen LogP contribution in [0.3, 0.4) is 0 Å². The van der Waals surface area contributed by atoms with Crippen LogP contribution in [0.4, 0.5) is 13.6 Å². The van der Waals surface area contributed by atoms with E-state index < -0.39 is 24.0 Å². The summed E-state index contributed by atoms with van der Waals surface area (Å²) < 4.78 is 38.1. The van der Waals surface area contributed by atoms with E-state index in [1.807, 2.05) is 12.1 Å². The van der Waals surface area contributed by atoms with Crippen LogP contribution in [-0.2, 0) is 15.5 Å². The van der Waals surface area contributed by atoms with E-state index >= 15 is 0 Å². The normalized spacial score (nSPS) is 27.1. The highest BCUT2D eigenvalue weighted by Gasteiger charge is 2.52. The van der Waals surface area contributed by atoms with Crippen molar-refractivity contribution in [2.45, 2.75) is 43.6 Å². The van der Waals surface area contributed by atoms with Crippen molar-refractivity contribution in [3.63, 3.8) is 0 Å². The summed E-state index contributed by atoms with van der Waals surface area (Å²) in [4.78, 5) is 23.6. The molecule has 1 saturated heterocycles. The lowest BCUT2D eigenvalue weighted by atomic mass is 9.56. The monoisotopic (exact) mass is 433 g/mol. The fraction of sp³-hybridized carbons (Fsp3) is 0.364. The minimum absolute atomic E-state index is 0.0999. The zero-order valence-electron chi connectivity index (χ0n) is 16.0. The van der Waals surface area contributed by atoms with Gasteiger partial charge in [0.15, 0.2) is 6.10 Å². The van der Waals surface area contributed by atoms with Gasteiger partial charge in [-0.2, -0.15) is 0 Å². The van der Waals surface area contributed by atoms with Crippen LogP contribution in [0.15, 0.2) is 36.4 Å². The van der Waals surface area contributed by atoms with Gasteiger partial charge in [0.1, 0.15) is 11.5 Å². The van der Waals surface area contributed by atoms with E-state index in [4.69, 9.17) is 21.1 Å². The van der Waals surface area contributed by atoms with Crippen LogP contribution in [0.5, 0.6) is 11.5 Å². The molecule has 3 aliphatic carbocycles. The van der Waals surface area contributed by atoms with Gasteiger partial charge in [0, 0.05) is 18.4 Å². The summed E-state index contributed by atoms with van der Waals surface area (Å²) in [6.07, 6.45) is 0.322. The van der Waals surface area contributed by atoms with Gasteiger partial charge >= 0.3 is 6.09 Å². The second-order valence-electron chi connectivity index (χ2n) is 8.20. The third-order valence-corrected chi connectivity index (χ3v) is 6.55. The number of halogens is 3. The molecule has 0 spiro atoms. The van der Waals surface area contributed by atoms with Gasteiger partial charge in [-0.3, -0.25) is 10.1 Å². The molecule has 1 unspecified atom stereocenters. The molecule has 1 aliphatic heterocycles. The van der Waals surface area contributed by atoms with Gasteiger partial charge < -0.3 is 9.47 Å². The Labute approximate surface area is 176 Å². The SMILES string of the molecule is CC(F)(F)c1ccc(Oc2ccc3c(c2)C2CC(C2)[C@H]3C2OC(=O)NC2=O)c(Cl)c1. The molecule has 0 radical (unpaired) electrons. The summed E-state index contributed by atoms with van der Waals surface area (Å²) in [6.45, 7) is 0.812. The van der Waals surface area contributed by atoms with Gasteiger partial charge in [-0.15, -0.1) is 0 Å². The number of alkyl halides is 2. The predicted molar refractivity (Wildman–Crippen MR) is 104 cm³/mol. The zero-order chi connectivity index (χ0) is 21.2. The van der Waals surface area contributed by atoms with Crippen LogP contribution in [-0.4, -0.2) is 18.1 Å². The Balaban J connectivity index is 1.43. The highest BCUT2D eigenvalue weighted by atomic mass is 35.5. The quantitative estimate of drug-likeness (QED) is 0.694. The Morgan fingerprint density at radius 1 is 1.13 bits per heavy atom. The fourth-order valence-electron chi connectivity index (χ4n) is 4.74. The number of imide groups is 1. The first-order valence-electron chi connectivity index (χ1n) is 9.72. The summed E-state index contributed by atoms with van der Waals surface area (Å²) in [6, 6.07) is 9.46. The number of hydrogen-bond acceptors (Lipinski definition) is 4. The molecule has 2 aromatic rings. The van der Waals surface area contributed by atoms with E-state index in [0.717, 1.165) is 30.9 Å². The van der Waals surface area contributed by atoms with Crippen LogP contribution in [0.2, 0.25) is 5.02 Å². The number of ether oxygens (including phenoxy) is 2. The molecule has 2 atom stereocenters. The van der Waals surface area contributed by atoms with E-state index in [2.05, 4.69) is 5.32 Å². The van der Waals surface area contributed by atoms with Crippen LogP contribution in [0.1, 0.15) is 48.3 Å². The maximum Gasteiger partial charge on any atom is 0.414 e. The van der Waals surface area contributed by atoms with Gasteiger partial charge in [-0.25, -0.2) is 13.6 Å². The average Bonchev–Trinajstić information content (AvgIpc) is 2.98. The number of cyclic esters (lactones) is 1. The number of rotatable bonds is 4. The number of nitrogens with one attached hydrogen (secondary N) is 1. The molecule has 0 aromatic heterocycles. The number of amides is 2. The van der Waals surface area contributed by atoms with E-state index in [-0.39, 0.29) is 22.3 Å². The third-order valence-electron chi connectivity index (χ3n) is 6.25. The molecular weight excluding hydrogens is 416 g/mol. The number of hydrogen-bond donors (Lipinski definition) is 1. The lowest BCUT2D eigenvalue weighted by molar-refractivity contribution is -0.125. The molecule has 5 nitrogen and oxygen atoms in total. The van der Waals surface area contributed by atoms with Crippen molar-refractivity contribution in [2.75, 3.05) is 0 Å². The molecule has 6 rings (SSSR count). The minimum Gasteiger partial charge on any atom is -0.456 e. The van der Waals surface area contributed by atoms with Crippen LogP contribution in [0, 0.1) is 5.92 Å².